The number of rotatable bonds is 10. The molecule has 1 N–H and O–H groups in total. The molecule has 7 heteroatoms. The molecule has 0 aliphatic carbocycles. The van der Waals surface area contributed by atoms with Crippen LogP contribution in [0.3, 0.4) is 0 Å². The van der Waals surface area contributed by atoms with Gasteiger partial charge < -0.3 is 15.6 Å². The summed E-state index contributed by atoms with van der Waals surface area (Å²) in [6.07, 6.45) is 0.927. The van der Waals surface area contributed by atoms with Gasteiger partial charge in [-0.3, -0.25) is 14.4 Å². The zero-order chi connectivity index (χ0) is 21.1. The van der Waals surface area contributed by atoms with Crippen LogP contribution in [0.25, 0.3) is 5.53 Å². The molecule has 29 heavy (non-hydrogen) atoms. The third-order valence-corrected chi connectivity index (χ3v) is 4.32. The van der Waals surface area contributed by atoms with E-state index in [-0.39, 0.29) is 13.0 Å². The molecule has 2 aromatic rings. The van der Waals surface area contributed by atoms with Gasteiger partial charge in [-0.15, -0.1) is 0 Å². The fourth-order valence-electron chi connectivity index (χ4n) is 2.73. The summed E-state index contributed by atoms with van der Waals surface area (Å²) in [5.41, 5.74) is 10.2. The SMILES string of the molecule is C[C@H](NC(=O)[C@@H](CC(=O)OCc1ccccc1)Cc1ccccc1)C(=O)C=[N+]=[N-]. The van der Waals surface area contributed by atoms with Crippen molar-refractivity contribution in [2.75, 3.05) is 0 Å². The van der Waals surface area contributed by atoms with Crippen molar-refractivity contribution in [3.8, 4) is 0 Å². The summed E-state index contributed by atoms with van der Waals surface area (Å²) in [7, 11) is 0. The first-order valence-corrected chi connectivity index (χ1v) is 9.24. The predicted octanol–water partition coefficient (Wildman–Crippen LogP) is 2.35. The maximum atomic E-state index is 12.7. The first-order chi connectivity index (χ1) is 14.0. The van der Waals surface area contributed by atoms with E-state index in [1.54, 1.807) is 0 Å². The third kappa shape index (κ3) is 7.52. The number of hydrogen-bond acceptors (Lipinski definition) is 4. The van der Waals surface area contributed by atoms with E-state index in [1.807, 2.05) is 60.7 Å². The number of Topliss-reactive ketones (excluding diaryl/α,β-unsaturated/α-hetero) is 1. The molecule has 7 nitrogen and oxygen atoms in total. The van der Waals surface area contributed by atoms with E-state index in [1.165, 1.54) is 6.92 Å². The van der Waals surface area contributed by atoms with E-state index >= 15 is 0 Å². The smallest absolute Gasteiger partial charge is 0.325 e. The molecule has 2 aromatic carbocycles. The maximum Gasteiger partial charge on any atom is 0.325 e. The number of ether oxygens (including phenoxy) is 1. The van der Waals surface area contributed by atoms with Crippen LogP contribution in [0, 0.1) is 5.92 Å². The van der Waals surface area contributed by atoms with Crippen LogP contribution in [-0.4, -0.2) is 34.7 Å². The van der Waals surface area contributed by atoms with Gasteiger partial charge in [0.2, 0.25) is 5.91 Å². The fraction of sp³-hybridized carbons (Fsp3) is 0.273. The van der Waals surface area contributed by atoms with Crippen LogP contribution >= 0.6 is 0 Å². The summed E-state index contributed by atoms with van der Waals surface area (Å²) >= 11 is 0. The molecule has 0 saturated carbocycles. The molecule has 1 amide bonds. The lowest BCUT2D eigenvalue weighted by molar-refractivity contribution is -0.148. The number of amides is 1. The predicted molar refractivity (Wildman–Crippen MR) is 107 cm³/mol. The van der Waals surface area contributed by atoms with Gasteiger partial charge in [0.05, 0.1) is 18.4 Å². The van der Waals surface area contributed by atoms with Crippen LogP contribution < -0.4 is 5.32 Å². The summed E-state index contributed by atoms with van der Waals surface area (Å²) in [5.74, 6) is -2.20. The molecular weight excluding hydrogens is 370 g/mol. The van der Waals surface area contributed by atoms with Crippen molar-refractivity contribution >= 4 is 23.9 Å². The highest BCUT2D eigenvalue weighted by Gasteiger charge is 2.26. The minimum absolute atomic E-state index is 0.122. The quantitative estimate of drug-likeness (QED) is 0.289. The highest BCUT2D eigenvalue weighted by molar-refractivity contribution is 6.28. The number of hydrogen-bond donors (Lipinski definition) is 1. The van der Waals surface area contributed by atoms with Gasteiger partial charge in [0.15, 0.2) is 0 Å². The van der Waals surface area contributed by atoms with E-state index in [2.05, 4.69) is 10.1 Å². The molecule has 0 saturated heterocycles. The first kappa shape index (κ1) is 21.7. The Hall–Kier alpha value is -3.57. The second kappa shape index (κ2) is 11.3. The second-order valence-electron chi connectivity index (χ2n) is 6.61. The normalized spacial score (nSPS) is 12.2. The fourth-order valence-corrected chi connectivity index (χ4v) is 2.73. The Morgan fingerprint density at radius 3 is 2.21 bits per heavy atom. The monoisotopic (exact) mass is 393 g/mol. The van der Waals surface area contributed by atoms with Crippen LogP contribution in [0.4, 0.5) is 0 Å². The zero-order valence-corrected chi connectivity index (χ0v) is 16.2. The molecule has 0 aliphatic rings. The molecule has 0 aliphatic heterocycles. The molecule has 0 heterocycles. The van der Waals surface area contributed by atoms with Crippen molar-refractivity contribution in [1.29, 1.82) is 0 Å². The molecular formula is C22H23N3O4. The van der Waals surface area contributed by atoms with E-state index < -0.39 is 29.6 Å². The Labute approximate surface area is 169 Å². The average Bonchev–Trinajstić information content (AvgIpc) is 2.73. The lowest BCUT2D eigenvalue weighted by atomic mass is 9.95. The molecule has 0 unspecified atom stereocenters. The minimum Gasteiger partial charge on any atom is -0.461 e. The van der Waals surface area contributed by atoms with E-state index in [0.29, 0.717) is 6.42 Å². The van der Waals surface area contributed by atoms with Crippen molar-refractivity contribution in [2.24, 2.45) is 5.92 Å². The number of benzene rings is 2. The number of esters is 1. The first-order valence-electron chi connectivity index (χ1n) is 9.24. The largest absolute Gasteiger partial charge is 0.461 e. The zero-order valence-electron chi connectivity index (χ0n) is 16.2. The van der Waals surface area contributed by atoms with Crippen molar-refractivity contribution < 1.29 is 23.9 Å². The Morgan fingerprint density at radius 1 is 1.03 bits per heavy atom. The molecule has 0 aromatic heterocycles. The maximum absolute atomic E-state index is 12.7. The van der Waals surface area contributed by atoms with E-state index in [0.717, 1.165) is 17.3 Å². The van der Waals surface area contributed by atoms with Crippen molar-refractivity contribution in [1.82, 2.24) is 5.32 Å². The van der Waals surface area contributed by atoms with E-state index in [4.69, 9.17) is 10.3 Å². The summed E-state index contributed by atoms with van der Waals surface area (Å²) in [4.78, 5) is 39.4. The molecule has 2 atom stereocenters. The van der Waals surface area contributed by atoms with Crippen LogP contribution in [0.15, 0.2) is 60.7 Å². The standard InChI is InChI=1S/C22H23N3O4/c1-16(20(26)14-24-23)25-22(28)19(12-17-8-4-2-5-9-17)13-21(27)29-15-18-10-6-3-7-11-18/h2-11,14,16,19H,12-13,15H2,1H3,(H,25,28)/t16-,19+/m0/s1. The Morgan fingerprint density at radius 2 is 1.62 bits per heavy atom. The molecule has 0 radical (unpaired) electrons. The molecule has 0 spiro atoms. The number of carbonyl (C=O) groups excluding carboxylic acids is 3. The van der Waals surface area contributed by atoms with Crippen LogP contribution in [0.2, 0.25) is 0 Å². The van der Waals surface area contributed by atoms with Gasteiger partial charge in [-0.2, -0.15) is 4.79 Å². The van der Waals surface area contributed by atoms with Gasteiger partial charge in [0.25, 0.3) is 5.78 Å². The van der Waals surface area contributed by atoms with Gasteiger partial charge in [-0.05, 0) is 24.5 Å². The lowest BCUT2D eigenvalue weighted by Gasteiger charge is -2.18. The van der Waals surface area contributed by atoms with Gasteiger partial charge in [-0.1, -0.05) is 60.7 Å². The van der Waals surface area contributed by atoms with Gasteiger partial charge in [0.1, 0.15) is 6.61 Å². The van der Waals surface area contributed by atoms with Crippen molar-refractivity contribution in [2.45, 2.75) is 32.4 Å². The van der Waals surface area contributed by atoms with Crippen LogP contribution in [-0.2, 0) is 32.1 Å². The van der Waals surface area contributed by atoms with Crippen molar-refractivity contribution in [3.63, 3.8) is 0 Å². The minimum atomic E-state index is -0.878. The summed E-state index contributed by atoms with van der Waals surface area (Å²) in [5, 5.41) is 2.57. The van der Waals surface area contributed by atoms with Crippen LogP contribution in [0.1, 0.15) is 24.5 Å². The summed E-state index contributed by atoms with van der Waals surface area (Å²) in [6, 6.07) is 17.7. The van der Waals surface area contributed by atoms with Gasteiger partial charge in [0, 0.05) is 0 Å². The summed E-state index contributed by atoms with van der Waals surface area (Å²) < 4.78 is 5.30. The number of carbonyl (C=O) groups is 3. The van der Waals surface area contributed by atoms with Crippen molar-refractivity contribution in [3.05, 3.63) is 77.3 Å². The number of nitrogens with one attached hydrogen (secondary N) is 1. The van der Waals surface area contributed by atoms with Gasteiger partial charge in [-0.25, -0.2) is 0 Å². The highest BCUT2D eigenvalue weighted by Crippen LogP contribution is 2.15. The molecule has 150 valence electrons. The Kier molecular flexibility index (Phi) is 8.48. The Balaban J connectivity index is 2.03. The van der Waals surface area contributed by atoms with Crippen LogP contribution in [0.5, 0.6) is 0 Å². The molecule has 2 rings (SSSR count). The lowest BCUT2D eigenvalue weighted by Crippen LogP contribution is -2.43. The Bertz CT molecular complexity index is 877. The highest BCUT2D eigenvalue weighted by atomic mass is 16.5. The average molecular weight is 393 g/mol. The number of ketones is 1. The number of nitrogens with zero attached hydrogens (tertiary/aromatic N) is 2. The van der Waals surface area contributed by atoms with E-state index in [9.17, 15) is 14.4 Å². The molecule has 0 fully saturated rings. The molecule has 0 bridgehead atoms. The summed E-state index contributed by atoms with van der Waals surface area (Å²) in [6.45, 7) is 1.61. The third-order valence-electron chi connectivity index (χ3n) is 4.32. The second-order valence-corrected chi connectivity index (χ2v) is 6.61. The topological polar surface area (TPSA) is 109 Å². The van der Waals surface area contributed by atoms with Gasteiger partial charge >= 0.3 is 12.2 Å².